The largest absolute Gasteiger partial charge is 0.494 e. The third kappa shape index (κ3) is 4.27. The summed E-state index contributed by atoms with van der Waals surface area (Å²) >= 11 is 0. The molecule has 6 nitrogen and oxygen atoms in total. The van der Waals surface area contributed by atoms with Gasteiger partial charge in [0.2, 0.25) is 15.9 Å². The number of ether oxygens (including phenoxy) is 1. The number of piperidine rings is 2. The Balaban J connectivity index is 1.73. The first-order valence-corrected chi connectivity index (χ1v) is 10.9. The average Bonchev–Trinajstić information content (AvgIpc) is 2.68. The summed E-state index contributed by atoms with van der Waals surface area (Å²) in [5, 5.41) is 0. The standard InChI is InChI=1S/C19H27FN2O4S/c1-14-7-10-21(11-8-14)19(23)15-4-3-9-22(13-15)27(24,25)16-5-6-18(26-2)17(20)12-16/h5-6,12,14-15H,3-4,7-11,13H2,1-2H3/t15-/m0/s1. The number of sulfonamides is 1. The van der Waals surface area contributed by atoms with Crippen molar-refractivity contribution < 1.29 is 22.3 Å². The quantitative estimate of drug-likeness (QED) is 0.782. The minimum Gasteiger partial charge on any atom is -0.494 e. The highest BCUT2D eigenvalue weighted by molar-refractivity contribution is 7.89. The van der Waals surface area contributed by atoms with Gasteiger partial charge in [-0.1, -0.05) is 6.92 Å². The average molecular weight is 399 g/mol. The highest BCUT2D eigenvalue weighted by Crippen LogP contribution is 2.28. The molecule has 0 radical (unpaired) electrons. The molecule has 0 N–H and O–H groups in total. The third-order valence-electron chi connectivity index (χ3n) is 5.59. The van der Waals surface area contributed by atoms with E-state index >= 15 is 0 Å². The molecular formula is C19H27FN2O4S. The topological polar surface area (TPSA) is 66.9 Å². The van der Waals surface area contributed by atoms with Crippen molar-refractivity contribution in [2.24, 2.45) is 11.8 Å². The second-order valence-electron chi connectivity index (χ2n) is 7.51. The van der Waals surface area contributed by atoms with Gasteiger partial charge in [-0.05, 0) is 49.8 Å². The number of amides is 1. The number of carbonyl (C=O) groups excluding carboxylic acids is 1. The van der Waals surface area contributed by atoms with Gasteiger partial charge in [0, 0.05) is 26.2 Å². The van der Waals surface area contributed by atoms with E-state index in [1.807, 2.05) is 4.90 Å². The molecule has 8 heteroatoms. The van der Waals surface area contributed by atoms with E-state index in [-0.39, 0.29) is 29.0 Å². The van der Waals surface area contributed by atoms with E-state index < -0.39 is 15.8 Å². The van der Waals surface area contributed by atoms with Crippen molar-refractivity contribution >= 4 is 15.9 Å². The first kappa shape index (κ1) is 20.1. The van der Waals surface area contributed by atoms with Gasteiger partial charge in [0.25, 0.3) is 0 Å². The normalized spacial score (nSPS) is 22.6. The van der Waals surface area contributed by atoms with Crippen LogP contribution in [-0.4, -0.2) is 56.8 Å². The molecule has 2 aliphatic rings. The lowest BCUT2D eigenvalue weighted by atomic mass is 9.94. The molecule has 1 amide bonds. The Morgan fingerprint density at radius 2 is 1.89 bits per heavy atom. The lowest BCUT2D eigenvalue weighted by molar-refractivity contribution is -0.138. The van der Waals surface area contributed by atoms with Gasteiger partial charge in [0.15, 0.2) is 11.6 Å². The van der Waals surface area contributed by atoms with Crippen molar-refractivity contribution in [3.05, 3.63) is 24.0 Å². The third-order valence-corrected chi connectivity index (χ3v) is 7.45. The number of hydrogen-bond donors (Lipinski definition) is 0. The van der Waals surface area contributed by atoms with Crippen molar-refractivity contribution in [1.29, 1.82) is 0 Å². The maximum atomic E-state index is 14.0. The van der Waals surface area contributed by atoms with Crippen LogP contribution >= 0.6 is 0 Å². The molecule has 0 unspecified atom stereocenters. The number of nitrogens with zero attached hydrogens (tertiary/aromatic N) is 2. The zero-order valence-corrected chi connectivity index (χ0v) is 16.7. The fourth-order valence-corrected chi connectivity index (χ4v) is 5.34. The SMILES string of the molecule is COc1ccc(S(=O)(=O)N2CCC[C@H](C(=O)N3CCC(C)CC3)C2)cc1F. The van der Waals surface area contributed by atoms with Gasteiger partial charge < -0.3 is 9.64 Å². The molecule has 0 aliphatic carbocycles. The zero-order valence-electron chi connectivity index (χ0n) is 15.9. The van der Waals surface area contributed by atoms with Gasteiger partial charge in [0.05, 0.1) is 17.9 Å². The summed E-state index contributed by atoms with van der Waals surface area (Å²) in [5.41, 5.74) is 0. The number of carbonyl (C=O) groups is 1. The lowest BCUT2D eigenvalue weighted by Gasteiger charge is -2.36. The van der Waals surface area contributed by atoms with Crippen molar-refractivity contribution in [2.45, 2.75) is 37.5 Å². The van der Waals surface area contributed by atoms with Crippen molar-refractivity contribution in [1.82, 2.24) is 9.21 Å². The van der Waals surface area contributed by atoms with Crippen LogP contribution in [-0.2, 0) is 14.8 Å². The molecule has 150 valence electrons. The Kier molecular flexibility index (Phi) is 6.05. The molecule has 3 rings (SSSR count). The predicted molar refractivity (Wildman–Crippen MR) is 99.4 cm³/mol. The molecule has 2 fully saturated rings. The van der Waals surface area contributed by atoms with Crippen LogP contribution < -0.4 is 4.74 Å². The van der Waals surface area contributed by atoms with Gasteiger partial charge in [-0.3, -0.25) is 4.79 Å². The number of hydrogen-bond acceptors (Lipinski definition) is 4. The Morgan fingerprint density at radius 1 is 1.19 bits per heavy atom. The summed E-state index contributed by atoms with van der Waals surface area (Å²) in [6.07, 6.45) is 3.30. The summed E-state index contributed by atoms with van der Waals surface area (Å²) in [6, 6.07) is 3.63. The molecule has 1 atom stereocenters. The van der Waals surface area contributed by atoms with Crippen LogP contribution in [0.25, 0.3) is 0 Å². The van der Waals surface area contributed by atoms with E-state index in [9.17, 15) is 17.6 Å². The molecule has 2 saturated heterocycles. The van der Waals surface area contributed by atoms with Crippen LogP contribution in [0.4, 0.5) is 4.39 Å². The molecule has 0 aromatic heterocycles. The zero-order chi connectivity index (χ0) is 19.6. The number of methoxy groups -OCH3 is 1. The molecule has 0 spiro atoms. The fourth-order valence-electron chi connectivity index (χ4n) is 3.81. The van der Waals surface area contributed by atoms with E-state index in [1.165, 1.54) is 23.5 Å². The molecule has 2 heterocycles. The first-order valence-electron chi connectivity index (χ1n) is 9.45. The Bertz CT molecular complexity index is 791. The highest BCUT2D eigenvalue weighted by Gasteiger charge is 2.36. The molecule has 0 saturated carbocycles. The Morgan fingerprint density at radius 3 is 2.52 bits per heavy atom. The Labute approximate surface area is 160 Å². The van der Waals surface area contributed by atoms with Gasteiger partial charge >= 0.3 is 0 Å². The van der Waals surface area contributed by atoms with Crippen molar-refractivity contribution in [2.75, 3.05) is 33.3 Å². The predicted octanol–water partition coefficient (Wildman–Crippen LogP) is 2.49. The van der Waals surface area contributed by atoms with Crippen LogP contribution in [0.1, 0.15) is 32.6 Å². The smallest absolute Gasteiger partial charge is 0.243 e. The summed E-state index contributed by atoms with van der Waals surface area (Å²) in [5.74, 6) is -0.374. The number of benzene rings is 1. The van der Waals surface area contributed by atoms with Crippen LogP contribution in [0.15, 0.2) is 23.1 Å². The van der Waals surface area contributed by atoms with Crippen molar-refractivity contribution in [3.63, 3.8) is 0 Å². The molecule has 1 aromatic carbocycles. The number of rotatable bonds is 4. The van der Waals surface area contributed by atoms with Crippen LogP contribution in [0.5, 0.6) is 5.75 Å². The van der Waals surface area contributed by atoms with E-state index in [2.05, 4.69) is 6.92 Å². The number of likely N-dealkylation sites (tertiary alicyclic amines) is 1. The molecule has 1 aromatic rings. The minimum absolute atomic E-state index is 0.0000229. The van der Waals surface area contributed by atoms with Gasteiger partial charge in [0.1, 0.15) is 0 Å². The lowest BCUT2D eigenvalue weighted by Crippen LogP contribution is -2.48. The van der Waals surface area contributed by atoms with E-state index in [4.69, 9.17) is 4.74 Å². The summed E-state index contributed by atoms with van der Waals surface area (Å²) < 4.78 is 46.0. The second kappa shape index (κ2) is 8.14. The molecule has 0 bridgehead atoms. The molecular weight excluding hydrogens is 371 g/mol. The first-order chi connectivity index (χ1) is 12.8. The van der Waals surface area contributed by atoms with Crippen LogP contribution in [0.2, 0.25) is 0 Å². The maximum Gasteiger partial charge on any atom is 0.243 e. The minimum atomic E-state index is -3.85. The van der Waals surface area contributed by atoms with E-state index in [1.54, 1.807) is 0 Å². The van der Waals surface area contributed by atoms with Crippen LogP contribution in [0, 0.1) is 17.7 Å². The number of halogens is 1. The highest BCUT2D eigenvalue weighted by atomic mass is 32.2. The van der Waals surface area contributed by atoms with Crippen molar-refractivity contribution in [3.8, 4) is 5.75 Å². The fraction of sp³-hybridized carbons (Fsp3) is 0.632. The van der Waals surface area contributed by atoms with Gasteiger partial charge in [-0.25, -0.2) is 12.8 Å². The van der Waals surface area contributed by atoms with Gasteiger partial charge in [-0.15, -0.1) is 0 Å². The molecule has 2 aliphatic heterocycles. The Hall–Kier alpha value is -1.67. The summed E-state index contributed by atoms with van der Waals surface area (Å²) in [7, 11) is -2.52. The maximum absolute atomic E-state index is 14.0. The monoisotopic (exact) mass is 398 g/mol. The van der Waals surface area contributed by atoms with E-state index in [0.717, 1.165) is 32.0 Å². The van der Waals surface area contributed by atoms with Gasteiger partial charge in [-0.2, -0.15) is 4.31 Å². The molecule has 27 heavy (non-hydrogen) atoms. The summed E-state index contributed by atoms with van der Waals surface area (Å²) in [6.45, 7) is 4.17. The van der Waals surface area contributed by atoms with Crippen LogP contribution in [0.3, 0.4) is 0 Å². The van der Waals surface area contributed by atoms with E-state index in [0.29, 0.717) is 25.3 Å². The summed E-state index contributed by atoms with van der Waals surface area (Å²) in [4.78, 5) is 14.6. The second-order valence-corrected chi connectivity index (χ2v) is 9.44.